The Hall–Kier alpha value is -1.42. The second kappa shape index (κ2) is 4.45. The molecule has 0 atom stereocenters. The number of halogens is 1. The lowest BCUT2D eigenvalue weighted by Gasteiger charge is -2.41. The third-order valence-electron chi connectivity index (χ3n) is 3.66. The van der Waals surface area contributed by atoms with Crippen LogP contribution in [0.4, 0.5) is 4.39 Å². The van der Waals surface area contributed by atoms with Crippen LogP contribution in [-0.2, 0) is 10.2 Å². The first-order valence-electron chi connectivity index (χ1n) is 5.71. The second-order valence-corrected chi connectivity index (χ2v) is 4.52. The van der Waals surface area contributed by atoms with Crippen LogP contribution in [0.5, 0.6) is 0 Å². The van der Waals surface area contributed by atoms with Crippen molar-refractivity contribution in [1.82, 2.24) is 0 Å². The van der Waals surface area contributed by atoms with E-state index in [0.717, 1.165) is 19.3 Å². The van der Waals surface area contributed by atoms with Crippen molar-refractivity contribution in [3.63, 3.8) is 0 Å². The molecule has 92 valence electrons. The maximum atomic E-state index is 14.0. The van der Waals surface area contributed by atoms with Crippen molar-refractivity contribution in [3.05, 3.63) is 35.1 Å². The molecule has 4 heteroatoms. The molecule has 1 saturated carbocycles. The predicted molar refractivity (Wildman–Crippen MR) is 62.3 cm³/mol. The molecule has 1 aromatic rings. The molecule has 1 aliphatic carbocycles. The molecule has 3 nitrogen and oxygen atoms in total. The molecule has 0 aliphatic heterocycles. The Labute approximate surface area is 99.8 Å². The van der Waals surface area contributed by atoms with Gasteiger partial charge in [0.15, 0.2) is 0 Å². The molecule has 0 aromatic heterocycles. The van der Waals surface area contributed by atoms with Crippen molar-refractivity contribution in [3.8, 4) is 0 Å². The van der Waals surface area contributed by atoms with E-state index >= 15 is 0 Å². The van der Waals surface area contributed by atoms with E-state index in [1.54, 1.807) is 12.1 Å². The van der Waals surface area contributed by atoms with Gasteiger partial charge in [0.25, 0.3) is 0 Å². The third kappa shape index (κ3) is 1.93. The van der Waals surface area contributed by atoms with E-state index < -0.39 is 5.97 Å². The highest BCUT2D eigenvalue weighted by atomic mass is 19.1. The lowest BCUT2D eigenvalue weighted by molar-refractivity contribution is 0.0600. The Kier molecular flexibility index (Phi) is 3.15. The van der Waals surface area contributed by atoms with E-state index in [1.165, 1.54) is 13.2 Å². The molecule has 0 amide bonds. The summed E-state index contributed by atoms with van der Waals surface area (Å²) >= 11 is 0. The summed E-state index contributed by atoms with van der Waals surface area (Å²) < 4.78 is 18.5. The van der Waals surface area contributed by atoms with Gasteiger partial charge in [0.05, 0.1) is 12.7 Å². The molecule has 0 heterocycles. The van der Waals surface area contributed by atoms with Crippen LogP contribution in [0, 0.1) is 5.82 Å². The number of methoxy groups -OCH3 is 1. The average molecular weight is 237 g/mol. The molecule has 1 fully saturated rings. The Morgan fingerprint density at radius 2 is 2.24 bits per heavy atom. The summed E-state index contributed by atoms with van der Waals surface area (Å²) in [6.45, 7) is 0.446. The molecular weight excluding hydrogens is 221 g/mol. The minimum Gasteiger partial charge on any atom is -0.465 e. The molecule has 2 N–H and O–H groups in total. The predicted octanol–water partition coefficient (Wildman–Crippen LogP) is 1.99. The third-order valence-corrected chi connectivity index (χ3v) is 3.66. The molecule has 1 aromatic carbocycles. The summed E-state index contributed by atoms with van der Waals surface area (Å²) in [5, 5.41) is 0. The van der Waals surface area contributed by atoms with E-state index in [2.05, 4.69) is 4.74 Å². The van der Waals surface area contributed by atoms with Gasteiger partial charge in [-0.1, -0.05) is 12.5 Å². The van der Waals surface area contributed by atoms with E-state index in [-0.39, 0.29) is 16.8 Å². The van der Waals surface area contributed by atoms with E-state index in [9.17, 15) is 9.18 Å². The van der Waals surface area contributed by atoms with Gasteiger partial charge in [-0.3, -0.25) is 0 Å². The first kappa shape index (κ1) is 12.0. The zero-order chi connectivity index (χ0) is 12.5. The van der Waals surface area contributed by atoms with Crippen molar-refractivity contribution in [1.29, 1.82) is 0 Å². The average Bonchev–Trinajstić information content (AvgIpc) is 2.29. The summed E-state index contributed by atoms with van der Waals surface area (Å²) in [7, 11) is 1.28. The van der Waals surface area contributed by atoms with Crippen molar-refractivity contribution in [2.24, 2.45) is 5.73 Å². The van der Waals surface area contributed by atoms with Crippen LogP contribution in [0.2, 0.25) is 0 Å². The summed E-state index contributed by atoms with van der Waals surface area (Å²) in [6, 6.07) is 4.49. The molecule has 0 saturated heterocycles. The Bertz CT molecular complexity index is 436. The fourth-order valence-electron chi connectivity index (χ4n) is 2.38. The fourth-order valence-corrected chi connectivity index (χ4v) is 2.38. The number of nitrogens with two attached hydrogens (primary N) is 1. The first-order valence-corrected chi connectivity index (χ1v) is 5.71. The van der Waals surface area contributed by atoms with Gasteiger partial charge in [-0.05, 0) is 30.5 Å². The topological polar surface area (TPSA) is 52.3 Å². The van der Waals surface area contributed by atoms with Crippen LogP contribution in [0.1, 0.15) is 35.2 Å². The number of hydrogen-bond acceptors (Lipinski definition) is 3. The van der Waals surface area contributed by atoms with Gasteiger partial charge < -0.3 is 10.5 Å². The summed E-state index contributed by atoms with van der Waals surface area (Å²) in [5.41, 5.74) is 6.37. The van der Waals surface area contributed by atoms with Gasteiger partial charge >= 0.3 is 5.97 Å². The zero-order valence-electron chi connectivity index (χ0n) is 9.83. The highest BCUT2D eigenvalue weighted by Gasteiger charge is 2.39. The van der Waals surface area contributed by atoms with Crippen molar-refractivity contribution < 1.29 is 13.9 Å². The normalized spacial score (nSPS) is 17.4. The molecule has 0 spiro atoms. The highest BCUT2D eigenvalue weighted by Crippen LogP contribution is 2.43. The smallest absolute Gasteiger partial charge is 0.337 e. The van der Waals surface area contributed by atoms with Gasteiger partial charge in [0.2, 0.25) is 0 Å². The Morgan fingerprint density at radius 1 is 1.53 bits per heavy atom. The van der Waals surface area contributed by atoms with Crippen LogP contribution in [0.3, 0.4) is 0 Å². The van der Waals surface area contributed by atoms with Gasteiger partial charge in [-0.15, -0.1) is 0 Å². The number of rotatable bonds is 3. The minimum atomic E-state index is -0.522. The second-order valence-electron chi connectivity index (χ2n) is 4.52. The SMILES string of the molecule is COC(=O)c1ccc(C2(CN)CCC2)c(F)c1. The maximum Gasteiger partial charge on any atom is 0.337 e. The number of benzene rings is 1. The summed E-state index contributed by atoms with van der Waals surface area (Å²) in [6.07, 6.45) is 2.91. The number of carbonyl (C=O) groups excluding carboxylic acids is 1. The van der Waals surface area contributed by atoms with E-state index in [4.69, 9.17) is 5.73 Å². The lowest BCUT2D eigenvalue weighted by Crippen LogP contribution is -2.42. The van der Waals surface area contributed by atoms with Gasteiger partial charge in [-0.25, -0.2) is 9.18 Å². The number of carbonyl (C=O) groups is 1. The van der Waals surface area contributed by atoms with Crippen LogP contribution in [0.25, 0.3) is 0 Å². The Balaban J connectivity index is 2.35. The molecule has 0 bridgehead atoms. The zero-order valence-corrected chi connectivity index (χ0v) is 9.83. The Morgan fingerprint density at radius 3 is 2.65 bits per heavy atom. The quantitative estimate of drug-likeness (QED) is 0.818. The molecule has 1 aliphatic rings. The number of ether oxygens (including phenoxy) is 1. The summed E-state index contributed by atoms with van der Waals surface area (Å²) in [5.74, 6) is -0.885. The molecular formula is C13H16FNO2. The van der Waals surface area contributed by atoms with Crippen LogP contribution in [-0.4, -0.2) is 19.6 Å². The van der Waals surface area contributed by atoms with Crippen molar-refractivity contribution in [2.75, 3.05) is 13.7 Å². The van der Waals surface area contributed by atoms with Gasteiger partial charge in [0, 0.05) is 12.0 Å². The van der Waals surface area contributed by atoms with Crippen LogP contribution in [0.15, 0.2) is 18.2 Å². The summed E-state index contributed by atoms with van der Waals surface area (Å²) in [4.78, 5) is 11.3. The minimum absolute atomic E-state index is 0.223. The van der Waals surface area contributed by atoms with Gasteiger partial charge in [-0.2, -0.15) is 0 Å². The van der Waals surface area contributed by atoms with Crippen molar-refractivity contribution in [2.45, 2.75) is 24.7 Å². The lowest BCUT2D eigenvalue weighted by atomic mass is 9.64. The molecule has 0 radical (unpaired) electrons. The monoisotopic (exact) mass is 237 g/mol. The molecule has 2 rings (SSSR count). The number of esters is 1. The maximum absolute atomic E-state index is 14.0. The first-order chi connectivity index (χ1) is 8.13. The standard InChI is InChI=1S/C13H16FNO2/c1-17-12(16)9-3-4-10(11(14)7-9)13(8-15)5-2-6-13/h3-4,7H,2,5-6,8,15H2,1H3. The number of hydrogen-bond donors (Lipinski definition) is 1. The van der Waals surface area contributed by atoms with Crippen molar-refractivity contribution >= 4 is 5.97 Å². The highest BCUT2D eigenvalue weighted by molar-refractivity contribution is 5.89. The molecule has 17 heavy (non-hydrogen) atoms. The van der Waals surface area contributed by atoms with Crippen LogP contribution < -0.4 is 5.73 Å². The van der Waals surface area contributed by atoms with Gasteiger partial charge in [0.1, 0.15) is 5.82 Å². The fraction of sp³-hybridized carbons (Fsp3) is 0.462. The van der Waals surface area contributed by atoms with Crippen LogP contribution >= 0.6 is 0 Å². The van der Waals surface area contributed by atoms with E-state index in [0.29, 0.717) is 12.1 Å². The molecule has 0 unspecified atom stereocenters. The van der Waals surface area contributed by atoms with E-state index in [1.807, 2.05) is 0 Å². The largest absolute Gasteiger partial charge is 0.465 e.